The first kappa shape index (κ1) is 20.8. The van der Waals surface area contributed by atoms with Gasteiger partial charge < -0.3 is 14.8 Å². The minimum atomic E-state index is -3.54. The fourth-order valence-corrected chi connectivity index (χ4v) is 5.31. The highest BCUT2D eigenvalue weighted by Gasteiger charge is 2.27. The molecule has 2 saturated heterocycles. The van der Waals surface area contributed by atoms with Gasteiger partial charge in [-0.05, 0) is 56.0 Å². The Kier molecular flexibility index (Phi) is 6.36. The van der Waals surface area contributed by atoms with E-state index in [0.717, 1.165) is 32.3 Å². The van der Waals surface area contributed by atoms with Gasteiger partial charge >= 0.3 is 0 Å². The molecule has 4 rings (SSSR count). The lowest BCUT2D eigenvalue weighted by molar-refractivity contribution is 0.0673. The quantitative estimate of drug-likeness (QED) is 0.729. The molecule has 0 bridgehead atoms. The van der Waals surface area contributed by atoms with E-state index in [0.29, 0.717) is 36.7 Å². The second-order valence-electron chi connectivity index (χ2n) is 7.54. The molecule has 1 unspecified atom stereocenters. The monoisotopic (exact) mass is 430 g/mol. The van der Waals surface area contributed by atoms with Gasteiger partial charge in [0.2, 0.25) is 10.0 Å². The summed E-state index contributed by atoms with van der Waals surface area (Å²) in [5.74, 6) is 0.125. The Labute approximate surface area is 177 Å². The van der Waals surface area contributed by atoms with Crippen LogP contribution in [0.4, 0.5) is 5.69 Å². The number of hydrogen-bond acceptors (Lipinski definition) is 5. The molecule has 8 heteroatoms. The SMILES string of the molecule is O=C(Nc1cccc(S(=O)(=O)N2CCCC2)c1)c1ccccc1OCC1CCCO1. The van der Waals surface area contributed by atoms with Gasteiger partial charge in [-0.1, -0.05) is 18.2 Å². The maximum atomic E-state index is 12.9. The molecule has 30 heavy (non-hydrogen) atoms. The number of ether oxygens (including phenoxy) is 2. The third kappa shape index (κ3) is 4.66. The summed E-state index contributed by atoms with van der Waals surface area (Å²) in [6.45, 7) is 2.21. The van der Waals surface area contributed by atoms with Gasteiger partial charge in [0.05, 0.1) is 16.6 Å². The van der Waals surface area contributed by atoms with Crippen LogP contribution in [-0.2, 0) is 14.8 Å². The van der Waals surface area contributed by atoms with Crippen LogP contribution in [0, 0.1) is 0 Å². The number of anilines is 1. The second-order valence-corrected chi connectivity index (χ2v) is 9.47. The maximum Gasteiger partial charge on any atom is 0.259 e. The van der Waals surface area contributed by atoms with Gasteiger partial charge in [0, 0.05) is 25.4 Å². The van der Waals surface area contributed by atoms with Crippen molar-refractivity contribution in [3.8, 4) is 5.75 Å². The van der Waals surface area contributed by atoms with E-state index in [-0.39, 0.29) is 16.9 Å². The van der Waals surface area contributed by atoms with E-state index < -0.39 is 10.0 Å². The molecule has 0 saturated carbocycles. The molecule has 2 aliphatic rings. The number of benzene rings is 2. The van der Waals surface area contributed by atoms with Crippen molar-refractivity contribution in [1.82, 2.24) is 4.31 Å². The molecule has 0 aromatic heterocycles. The molecule has 0 aliphatic carbocycles. The van der Waals surface area contributed by atoms with Crippen LogP contribution in [0.15, 0.2) is 53.4 Å². The molecule has 7 nitrogen and oxygen atoms in total. The van der Waals surface area contributed by atoms with Gasteiger partial charge in [0.15, 0.2) is 0 Å². The van der Waals surface area contributed by atoms with E-state index >= 15 is 0 Å². The Morgan fingerprint density at radius 1 is 1.10 bits per heavy atom. The van der Waals surface area contributed by atoms with E-state index in [1.54, 1.807) is 36.4 Å². The van der Waals surface area contributed by atoms with Crippen LogP contribution in [0.1, 0.15) is 36.0 Å². The normalized spacial score (nSPS) is 19.7. The number of amides is 1. The predicted octanol–water partition coefficient (Wildman–Crippen LogP) is 3.28. The fourth-order valence-electron chi connectivity index (χ4n) is 3.75. The Morgan fingerprint density at radius 3 is 2.67 bits per heavy atom. The summed E-state index contributed by atoms with van der Waals surface area (Å²) < 4.78 is 38.5. The van der Waals surface area contributed by atoms with Crippen LogP contribution in [0.25, 0.3) is 0 Å². The van der Waals surface area contributed by atoms with Crippen LogP contribution < -0.4 is 10.1 Å². The number of hydrogen-bond donors (Lipinski definition) is 1. The van der Waals surface area contributed by atoms with E-state index in [1.807, 2.05) is 6.07 Å². The third-order valence-electron chi connectivity index (χ3n) is 5.38. The minimum absolute atomic E-state index is 0.0496. The van der Waals surface area contributed by atoms with Crippen molar-refractivity contribution < 1.29 is 22.7 Å². The van der Waals surface area contributed by atoms with Crippen LogP contribution >= 0.6 is 0 Å². The van der Waals surface area contributed by atoms with Crippen molar-refractivity contribution in [3.63, 3.8) is 0 Å². The average Bonchev–Trinajstić information content (AvgIpc) is 3.47. The zero-order chi connectivity index (χ0) is 21.0. The van der Waals surface area contributed by atoms with Crippen molar-refractivity contribution in [3.05, 3.63) is 54.1 Å². The Balaban J connectivity index is 1.48. The molecule has 2 aromatic carbocycles. The summed E-state index contributed by atoms with van der Waals surface area (Å²) >= 11 is 0. The van der Waals surface area contributed by atoms with Crippen molar-refractivity contribution in [2.24, 2.45) is 0 Å². The molecule has 1 amide bonds. The molecule has 2 aromatic rings. The first-order chi connectivity index (χ1) is 14.5. The highest BCUT2D eigenvalue weighted by Crippen LogP contribution is 2.25. The van der Waals surface area contributed by atoms with Gasteiger partial charge in [0.1, 0.15) is 12.4 Å². The topological polar surface area (TPSA) is 84.9 Å². The third-order valence-corrected chi connectivity index (χ3v) is 7.27. The zero-order valence-corrected chi connectivity index (χ0v) is 17.6. The van der Waals surface area contributed by atoms with Gasteiger partial charge in [-0.25, -0.2) is 8.42 Å². The second kappa shape index (κ2) is 9.16. The van der Waals surface area contributed by atoms with E-state index in [2.05, 4.69) is 5.32 Å². The van der Waals surface area contributed by atoms with Gasteiger partial charge in [-0.2, -0.15) is 4.31 Å². The standard InChI is InChI=1S/C22H26N2O5S/c25-22(20-10-1-2-11-21(20)29-16-18-8-6-14-28-18)23-17-7-5-9-19(15-17)30(26,27)24-12-3-4-13-24/h1-2,5,7,9-11,15,18H,3-4,6,8,12-14,16H2,(H,23,25). The van der Waals surface area contributed by atoms with Gasteiger partial charge in [-0.3, -0.25) is 4.79 Å². The highest BCUT2D eigenvalue weighted by atomic mass is 32.2. The fraction of sp³-hybridized carbons (Fsp3) is 0.409. The Bertz CT molecular complexity index is 996. The highest BCUT2D eigenvalue weighted by molar-refractivity contribution is 7.89. The number of nitrogens with zero attached hydrogens (tertiary/aromatic N) is 1. The minimum Gasteiger partial charge on any atom is -0.490 e. The largest absolute Gasteiger partial charge is 0.490 e. The van der Waals surface area contributed by atoms with E-state index in [1.165, 1.54) is 10.4 Å². The number of sulfonamides is 1. The lowest BCUT2D eigenvalue weighted by Crippen LogP contribution is -2.28. The number of para-hydroxylation sites is 1. The summed E-state index contributed by atoms with van der Waals surface area (Å²) in [5.41, 5.74) is 0.817. The van der Waals surface area contributed by atoms with Crippen LogP contribution in [0.5, 0.6) is 5.75 Å². The van der Waals surface area contributed by atoms with Crippen molar-refractivity contribution in [2.45, 2.75) is 36.7 Å². The lowest BCUT2D eigenvalue weighted by Gasteiger charge is -2.17. The summed E-state index contributed by atoms with van der Waals surface area (Å²) in [5, 5.41) is 2.80. The summed E-state index contributed by atoms with van der Waals surface area (Å²) in [6, 6.07) is 13.4. The average molecular weight is 431 g/mol. The first-order valence-electron chi connectivity index (χ1n) is 10.3. The van der Waals surface area contributed by atoms with Crippen LogP contribution in [0.2, 0.25) is 0 Å². The molecule has 1 atom stereocenters. The molecule has 2 aliphatic heterocycles. The van der Waals surface area contributed by atoms with Crippen molar-refractivity contribution in [2.75, 3.05) is 31.6 Å². The van der Waals surface area contributed by atoms with Gasteiger partial charge in [0.25, 0.3) is 5.91 Å². The number of carbonyl (C=O) groups excluding carboxylic acids is 1. The number of rotatable bonds is 7. The van der Waals surface area contributed by atoms with E-state index in [9.17, 15) is 13.2 Å². The maximum absolute atomic E-state index is 12.9. The smallest absolute Gasteiger partial charge is 0.259 e. The molecule has 0 spiro atoms. The van der Waals surface area contributed by atoms with Gasteiger partial charge in [-0.15, -0.1) is 0 Å². The molecule has 0 radical (unpaired) electrons. The molecule has 160 valence electrons. The number of nitrogens with one attached hydrogen (secondary N) is 1. The molecule has 2 fully saturated rings. The van der Waals surface area contributed by atoms with Crippen LogP contribution in [0.3, 0.4) is 0 Å². The molecular weight excluding hydrogens is 404 g/mol. The van der Waals surface area contributed by atoms with Crippen molar-refractivity contribution in [1.29, 1.82) is 0 Å². The predicted molar refractivity (Wildman–Crippen MR) is 113 cm³/mol. The van der Waals surface area contributed by atoms with E-state index in [4.69, 9.17) is 9.47 Å². The Morgan fingerprint density at radius 2 is 1.90 bits per heavy atom. The Hall–Kier alpha value is -2.42. The summed E-state index contributed by atoms with van der Waals surface area (Å²) in [7, 11) is -3.54. The molecular formula is C22H26N2O5S. The first-order valence-corrected chi connectivity index (χ1v) is 11.7. The number of carbonyl (C=O) groups is 1. The molecule has 2 heterocycles. The molecule has 1 N–H and O–H groups in total. The zero-order valence-electron chi connectivity index (χ0n) is 16.7. The summed E-state index contributed by atoms with van der Waals surface area (Å²) in [6.07, 6.45) is 3.77. The van der Waals surface area contributed by atoms with Crippen LogP contribution in [-0.4, -0.2) is 51.0 Å². The summed E-state index contributed by atoms with van der Waals surface area (Å²) in [4.78, 5) is 13.1. The van der Waals surface area contributed by atoms with Crippen molar-refractivity contribution >= 4 is 21.6 Å². The lowest BCUT2D eigenvalue weighted by atomic mass is 10.1.